The Balaban J connectivity index is 2.42. The van der Waals surface area contributed by atoms with E-state index in [1.165, 1.54) is 5.56 Å². The van der Waals surface area contributed by atoms with Crippen molar-refractivity contribution in [3.8, 4) is 0 Å². The van der Waals surface area contributed by atoms with E-state index in [4.69, 9.17) is 10.8 Å². The molecule has 0 heterocycles. The summed E-state index contributed by atoms with van der Waals surface area (Å²) in [6.45, 7) is 0. The van der Waals surface area contributed by atoms with Crippen LogP contribution >= 0.6 is 15.9 Å². The standard InChI is InChI=1S/C11H12BrNO2/c12-9-3-1-2-7-4-5-11(13,10(14)15)6-8(7)9/h1-3H,4-6,13H2,(H,14,15). The van der Waals surface area contributed by atoms with Crippen molar-refractivity contribution in [2.45, 2.75) is 24.8 Å². The number of aliphatic carboxylic acids is 1. The van der Waals surface area contributed by atoms with Gasteiger partial charge in [-0.3, -0.25) is 4.79 Å². The van der Waals surface area contributed by atoms with Crippen molar-refractivity contribution in [1.29, 1.82) is 0 Å². The molecule has 1 atom stereocenters. The second-order valence-corrected chi connectivity index (χ2v) is 4.87. The largest absolute Gasteiger partial charge is 0.480 e. The molecule has 0 bridgehead atoms. The van der Waals surface area contributed by atoms with Gasteiger partial charge in [-0.15, -0.1) is 0 Å². The highest BCUT2D eigenvalue weighted by Gasteiger charge is 2.38. The molecule has 0 fully saturated rings. The highest BCUT2D eigenvalue weighted by atomic mass is 79.9. The topological polar surface area (TPSA) is 63.3 Å². The number of carboxylic acid groups (broad SMARTS) is 1. The summed E-state index contributed by atoms with van der Waals surface area (Å²) in [4.78, 5) is 11.1. The Labute approximate surface area is 96.4 Å². The van der Waals surface area contributed by atoms with E-state index in [2.05, 4.69) is 15.9 Å². The van der Waals surface area contributed by atoms with Crippen molar-refractivity contribution in [2.24, 2.45) is 5.73 Å². The Morgan fingerprint density at radius 2 is 2.27 bits per heavy atom. The molecular weight excluding hydrogens is 258 g/mol. The Hall–Kier alpha value is -0.870. The number of hydrogen-bond donors (Lipinski definition) is 2. The molecular formula is C11H12BrNO2. The highest BCUT2D eigenvalue weighted by Crippen LogP contribution is 2.32. The molecule has 0 spiro atoms. The Morgan fingerprint density at radius 1 is 1.53 bits per heavy atom. The molecule has 1 unspecified atom stereocenters. The molecule has 1 aromatic carbocycles. The molecule has 0 radical (unpaired) electrons. The van der Waals surface area contributed by atoms with Crippen LogP contribution in [-0.2, 0) is 17.6 Å². The molecule has 1 aliphatic rings. The summed E-state index contributed by atoms with van der Waals surface area (Å²) in [5.74, 6) is -0.913. The summed E-state index contributed by atoms with van der Waals surface area (Å²) < 4.78 is 0.954. The van der Waals surface area contributed by atoms with E-state index < -0.39 is 11.5 Å². The van der Waals surface area contributed by atoms with E-state index in [9.17, 15) is 4.79 Å². The summed E-state index contributed by atoms with van der Waals surface area (Å²) in [5.41, 5.74) is 7.00. The summed E-state index contributed by atoms with van der Waals surface area (Å²) in [5, 5.41) is 9.07. The van der Waals surface area contributed by atoms with Crippen LogP contribution in [0.1, 0.15) is 17.5 Å². The lowest BCUT2D eigenvalue weighted by Gasteiger charge is -2.31. The van der Waals surface area contributed by atoms with Crippen molar-refractivity contribution < 1.29 is 9.90 Å². The van der Waals surface area contributed by atoms with Crippen LogP contribution in [0.15, 0.2) is 22.7 Å². The van der Waals surface area contributed by atoms with Crippen molar-refractivity contribution in [2.75, 3.05) is 0 Å². The number of rotatable bonds is 1. The predicted octanol–water partition coefficient (Wildman–Crippen LogP) is 1.72. The average molecular weight is 270 g/mol. The molecule has 15 heavy (non-hydrogen) atoms. The fourth-order valence-electron chi connectivity index (χ4n) is 1.98. The van der Waals surface area contributed by atoms with Gasteiger partial charge in [0.1, 0.15) is 5.54 Å². The van der Waals surface area contributed by atoms with Gasteiger partial charge in [-0.2, -0.15) is 0 Å². The summed E-state index contributed by atoms with van der Waals surface area (Å²) in [6, 6.07) is 5.92. The van der Waals surface area contributed by atoms with Crippen molar-refractivity contribution in [3.63, 3.8) is 0 Å². The van der Waals surface area contributed by atoms with Gasteiger partial charge in [0.25, 0.3) is 0 Å². The molecule has 3 nitrogen and oxygen atoms in total. The quantitative estimate of drug-likeness (QED) is 0.816. The van der Waals surface area contributed by atoms with Gasteiger partial charge in [0.15, 0.2) is 0 Å². The van der Waals surface area contributed by atoms with Gasteiger partial charge in [0, 0.05) is 10.9 Å². The first-order valence-electron chi connectivity index (χ1n) is 4.81. The van der Waals surface area contributed by atoms with E-state index >= 15 is 0 Å². The minimum Gasteiger partial charge on any atom is -0.480 e. The molecule has 1 aromatic rings. The van der Waals surface area contributed by atoms with Crippen molar-refractivity contribution >= 4 is 21.9 Å². The first kappa shape index (κ1) is 10.6. The Bertz CT molecular complexity index is 419. The summed E-state index contributed by atoms with van der Waals surface area (Å²) in [6.07, 6.45) is 1.64. The molecule has 1 aliphatic carbocycles. The van der Waals surface area contributed by atoms with Crippen molar-refractivity contribution in [3.05, 3.63) is 33.8 Å². The maximum absolute atomic E-state index is 11.1. The van der Waals surface area contributed by atoms with Crippen LogP contribution in [0.5, 0.6) is 0 Å². The van der Waals surface area contributed by atoms with Crippen LogP contribution in [0, 0.1) is 0 Å². The van der Waals surface area contributed by atoms with Gasteiger partial charge in [0.05, 0.1) is 0 Å². The minimum absolute atomic E-state index is 0.402. The molecule has 0 aromatic heterocycles. The fourth-order valence-corrected chi connectivity index (χ4v) is 2.53. The van der Waals surface area contributed by atoms with Crippen LogP contribution in [0.2, 0.25) is 0 Å². The van der Waals surface area contributed by atoms with E-state index in [1.807, 2.05) is 18.2 Å². The normalized spacial score (nSPS) is 24.7. The maximum Gasteiger partial charge on any atom is 0.324 e. The van der Waals surface area contributed by atoms with Crippen molar-refractivity contribution in [1.82, 2.24) is 0 Å². The smallest absolute Gasteiger partial charge is 0.324 e. The van der Waals surface area contributed by atoms with E-state index in [-0.39, 0.29) is 0 Å². The molecule has 0 saturated carbocycles. The second-order valence-electron chi connectivity index (χ2n) is 4.02. The Morgan fingerprint density at radius 3 is 2.93 bits per heavy atom. The molecule has 80 valence electrons. The van der Waals surface area contributed by atoms with Crippen LogP contribution in [0.25, 0.3) is 0 Å². The SMILES string of the molecule is NC1(C(=O)O)CCc2cccc(Br)c2C1. The van der Waals surface area contributed by atoms with Gasteiger partial charge in [-0.25, -0.2) is 0 Å². The van der Waals surface area contributed by atoms with E-state index in [0.717, 1.165) is 16.5 Å². The molecule has 3 N–H and O–H groups in total. The summed E-state index contributed by atoms with van der Waals surface area (Å²) >= 11 is 3.43. The van der Waals surface area contributed by atoms with Gasteiger partial charge < -0.3 is 10.8 Å². The third-order valence-electron chi connectivity index (χ3n) is 2.97. The number of halogens is 1. The number of carbonyl (C=O) groups is 1. The Kier molecular flexibility index (Phi) is 2.56. The number of aryl methyl sites for hydroxylation is 1. The van der Waals surface area contributed by atoms with Gasteiger partial charge >= 0.3 is 5.97 Å². The van der Waals surface area contributed by atoms with Gasteiger partial charge in [-0.1, -0.05) is 28.1 Å². The first-order chi connectivity index (χ1) is 7.03. The lowest BCUT2D eigenvalue weighted by molar-refractivity contribution is -0.143. The monoisotopic (exact) mass is 269 g/mol. The number of carboxylic acids is 1. The van der Waals surface area contributed by atoms with Crippen LogP contribution in [-0.4, -0.2) is 16.6 Å². The summed E-state index contributed by atoms with van der Waals surface area (Å²) in [7, 11) is 0. The molecule has 0 saturated heterocycles. The van der Waals surface area contributed by atoms with Gasteiger partial charge in [0.2, 0.25) is 0 Å². The van der Waals surface area contributed by atoms with E-state index in [1.54, 1.807) is 0 Å². The maximum atomic E-state index is 11.1. The van der Waals surface area contributed by atoms with Crippen LogP contribution in [0.3, 0.4) is 0 Å². The lowest BCUT2D eigenvalue weighted by Crippen LogP contribution is -2.52. The highest BCUT2D eigenvalue weighted by molar-refractivity contribution is 9.10. The molecule has 0 amide bonds. The number of hydrogen-bond acceptors (Lipinski definition) is 2. The fraction of sp³-hybridized carbons (Fsp3) is 0.364. The predicted molar refractivity (Wildman–Crippen MR) is 60.7 cm³/mol. The molecule has 4 heteroatoms. The minimum atomic E-state index is -1.10. The number of fused-ring (bicyclic) bond motifs is 1. The van der Waals surface area contributed by atoms with E-state index in [0.29, 0.717) is 12.8 Å². The lowest BCUT2D eigenvalue weighted by atomic mass is 9.79. The van der Waals surface area contributed by atoms with Crippen LogP contribution < -0.4 is 5.73 Å². The number of nitrogens with two attached hydrogens (primary N) is 1. The van der Waals surface area contributed by atoms with Crippen LogP contribution in [0.4, 0.5) is 0 Å². The first-order valence-corrected chi connectivity index (χ1v) is 5.61. The second kappa shape index (κ2) is 3.61. The average Bonchev–Trinajstić information content (AvgIpc) is 2.19. The zero-order valence-electron chi connectivity index (χ0n) is 8.16. The third-order valence-corrected chi connectivity index (χ3v) is 3.72. The molecule has 0 aliphatic heterocycles. The third kappa shape index (κ3) is 1.79. The number of benzene rings is 1. The zero-order valence-corrected chi connectivity index (χ0v) is 9.75. The molecule has 2 rings (SSSR count). The zero-order chi connectivity index (χ0) is 11.1. The van der Waals surface area contributed by atoms with Gasteiger partial charge in [-0.05, 0) is 30.0 Å².